The predicted molar refractivity (Wildman–Crippen MR) is 71.2 cm³/mol. The van der Waals surface area contributed by atoms with Crippen molar-refractivity contribution >= 4 is 28.5 Å². The van der Waals surface area contributed by atoms with Gasteiger partial charge in [-0.1, -0.05) is 30.3 Å². The van der Waals surface area contributed by atoms with Crippen LogP contribution in [-0.2, 0) is 0 Å². The van der Waals surface area contributed by atoms with Gasteiger partial charge in [-0.3, -0.25) is 4.57 Å². The van der Waals surface area contributed by atoms with E-state index in [0.29, 0.717) is 10.9 Å². The van der Waals surface area contributed by atoms with Crippen molar-refractivity contribution in [3.05, 3.63) is 42.2 Å². The lowest BCUT2D eigenvalue weighted by Crippen LogP contribution is -2.16. The van der Waals surface area contributed by atoms with Gasteiger partial charge in [-0.05, 0) is 12.1 Å². The van der Waals surface area contributed by atoms with Gasteiger partial charge >= 0.3 is 0 Å². The van der Waals surface area contributed by atoms with E-state index in [4.69, 9.17) is 11.6 Å². The molecule has 1 aromatic heterocycles. The molecule has 4 nitrogen and oxygen atoms in total. The van der Waals surface area contributed by atoms with Gasteiger partial charge in [0.25, 0.3) is 0 Å². The molecule has 2 aromatic rings. The zero-order valence-corrected chi connectivity index (χ0v) is 10.5. The Morgan fingerprint density at radius 2 is 2.12 bits per heavy atom. The van der Waals surface area contributed by atoms with Gasteiger partial charge in [-0.2, -0.15) is 5.10 Å². The number of hydrazone groups is 1. The van der Waals surface area contributed by atoms with Crippen LogP contribution in [0.25, 0.3) is 11.0 Å². The molecule has 88 valence electrons. The van der Waals surface area contributed by atoms with E-state index in [9.17, 15) is 0 Å². The number of para-hydroxylation sites is 2. The Labute approximate surface area is 105 Å². The Hall–Kier alpha value is -1.81. The number of allylic oxidation sites excluding steroid dienone is 1. The molecule has 0 aliphatic heterocycles. The largest absolute Gasteiger partial charge is 0.301 e. The van der Waals surface area contributed by atoms with Crippen molar-refractivity contribution in [2.24, 2.45) is 5.10 Å². The third-order valence-corrected chi connectivity index (χ3v) is 2.39. The quantitative estimate of drug-likeness (QED) is 0.465. The molecule has 0 fully saturated rings. The molecule has 17 heavy (non-hydrogen) atoms. The third-order valence-electron chi connectivity index (χ3n) is 2.22. The average molecular weight is 249 g/mol. The fourth-order valence-electron chi connectivity index (χ4n) is 1.55. The standard InChI is InChI=1S/C12H13ClN4/c1-9(13)12(15-16(2)3)17-8-14-10-6-4-5-7-11(10)17/h4-8H,1H2,2-3H3/b15-12+. The molecule has 0 aliphatic carbocycles. The number of aromatic nitrogens is 2. The predicted octanol–water partition coefficient (Wildman–Crippen LogP) is 2.51. The van der Waals surface area contributed by atoms with E-state index < -0.39 is 0 Å². The molecule has 0 amide bonds. The van der Waals surface area contributed by atoms with Crippen molar-refractivity contribution in [2.75, 3.05) is 14.1 Å². The van der Waals surface area contributed by atoms with Crippen LogP contribution in [0.15, 0.2) is 47.3 Å². The number of hydrogen-bond donors (Lipinski definition) is 0. The molecule has 1 heterocycles. The van der Waals surface area contributed by atoms with E-state index >= 15 is 0 Å². The van der Waals surface area contributed by atoms with Crippen LogP contribution >= 0.6 is 11.6 Å². The zero-order valence-electron chi connectivity index (χ0n) is 9.76. The maximum Gasteiger partial charge on any atom is 0.176 e. The lowest BCUT2D eigenvalue weighted by molar-refractivity contribution is 0.436. The van der Waals surface area contributed by atoms with Crippen molar-refractivity contribution < 1.29 is 0 Å². The minimum absolute atomic E-state index is 0.377. The second-order valence-corrected chi connectivity index (χ2v) is 4.24. The first-order valence-corrected chi connectivity index (χ1v) is 5.50. The summed E-state index contributed by atoms with van der Waals surface area (Å²) in [6.45, 7) is 3.73. The maximum absolute atomic E-state index is 5.98. The average Bonchev–Trinajstić information content (AvgIpc) is 2.69. The molecule has 0 bridgehead atoms. The zero-order chi connectivity index (χ0) is 12.4. The van der Waals surface area contributed by atoms with Gasteiger partial charge in [0.2, 0.25) is 0 Å². The molecule has 0 radical (unpaired) electrons. The van der Waals surface area contributed by atoms with Crippen molar-refractivity contribution in [2.45, 2.75) is 0 Å². The fraction of sp³-hybridized carbons (Fsp3) is 0.167. The SMILES string of the molecule is C=C(Cl)/C(=N\N(C)C)n1cnc2ccccc21. The van der Waals surface area contributed by atoms with Gasteiger partial charge in [0.1, 0.15) is 6.33 Å². The first kappa shape index (κ1) is 11.7. The van der Waals surface area contributed by atoms with Crippen molar-refractivity contribution in [1.29, 1.82) is 0 Å². The Morgan fingerprint density at radius 3 is 2.76 bits per heavy atom. The molecule has 1 aromatic carbocycles. The van der Waals surface area contributed by atoms with Crippen molar-refractivity contribution in [3.8, 4) is 0 Å². The molecule has 0 spiro atoms. The third kappa shape index (κ3) is 2.31. The minimum atomic E-state index is 0.377. The molecule has 2 rings (SSSR count). The highest BCUT2D eigenvalue weighted by atomic mass is 35.5. The van der Waals surface area contributed by atoms with E-state index in [1.54, 1.807) is 11.3 Å². The Morgan fingerprint density at radius 1 is 1.41 bits per heavy atom. The van der Waals surface area contributed by atoms with E-state index in [1.807, 2.05) is 42.9 Å². The van der Waals surface area contributed by atoms with E-state index in [-0.39, 0.29) is 0 Å². The van der Waals surface area contributed by atoms with Crippen LogP contribution in [0, 0.1) is 0 Å². The Bertz CT molecular complexity index is 583. The van der Waals surface area contributed by atoms with Crippen LogP contribution < -0.4 is 0 Å². The van der Waals surface area contributed by atoms with Crippen LogP contribution in [-0.4, -0.2) is 34.5 Å². The lowest BCUT2D eigenvalue weighted by Gasteiger charge is -2.11. The lowest BCUT2D eigenvalue weighted by atomic mass is 10.3. The van der Waals surface area contributed by atoms with E-state index in [0.717, 1.165) is 11.0 Å². The number of imidazole rings is 1. The molecule has 0 unspecified atom stereocenters. The number of rotatable bonds is 2. The summed E-state index contributed by atoms with van der Waals surface area (Å²) in [5, 5.41) is 6.37. The Balaban J connectivity index is 2.61. The van der Waals surface area contributed by atoms with Crippen LogP contribution in [0.3, 0.4) is 0 Å². The summed E-state index contributed by atoms with van der Waals surface area (Å²) in [6, 6.07) is 7.80. The topological polar surface area (TPSA) is 33.4 Å². The summed E-state index contributed by atoms with van der Waals surface area (Å²) >= 11 is 5.98. The molecule has 0 aliphatic rings. The number of halogens is 1. The number of nitrogens with zero attached hydrogens (tertiary/aromatic N) is 4. The molecule has 0 saturated heterocycles. The van der Waals surface area contributed by atoms with Crippen LogP contribution in [0.1, 0.15) is 0 Å². The highest BCUT2D eigenvalue weighted by molar-refractivity contribution is 6.43. The van der Waals surface area contributed by atoms with Gasteiger partial charge in [0, 0.05) is 14.1 Å². The molecule has 0 N–H and O–H groups in total. The number of fused-ring (bicyclic) bond motifs is 1. The van der Waals surface area contributed by atoms with Gasteiger partial charge in [-0.15, -0.1) is 0 Å². The summed E-state index contributed by atoms with van der Waals surface area (Å²) in [5.41, 5.74) is 1.85. The van der Waals surface area contributed by atoms with Gasteiger partial charge in [0.15, 0.2) is 5.84 Å². The second-order valence-electron chi connectivity index (χ2n) is 3.78. The summed E-state index contributed by atoms with van der Waals surface area (Å²) in [4.78, 5) is 4.29. The van der Waals surface area contributed by atoms with Gasteiger partial charge in [-0.25, -0.2) is 4.98 Å². The molecule has 0 saturated carbocycles. The second kappa shape index (κ2) is 4.59. The van der Waals surface area contributed by atoms with Crippen LogP contribution in [0.2, 0.25) is 0 Å². The smallest absolute Gasteiger partial charge is 0.176 e. The monoisotopic (exact) mass is 248 g/mol. The van der Waals surface area contributed by atoms with Crippen LogP contribution in [0.5, 0.6) is 0 Å². The molecule has 5 heteroatoms. The first-order valence-electron chi connectivity index (χ1n) is 5.13. The summed E-state index contributed by atoms with van der Waals surface area (Å²) in [5.74, 6) is 0.574. The Kier molecular flexibility index (Phi) is 3.15. The number of benzene rings is 1. The van der Waals surface area contributed by atoms with E-state index in [2.05, 4.69) is 16.7 Å². The van der Waals surface area contributed by atoms with Gasteiger partial charge < -0.3 is 5.01 Å². The molecular formula is C12H13ClN4. The molecule has 0 atom stereocenters. The maximum atomic E-state index is 5.98. The van der Waals surface area contributed by atoms with E-state index in [1.165, 1.54) is 0 Å². The minimum Gasteiger partial charge on any atom is -0.301 e. The van der Waals surface area contributed by atoms with Crippen molar-refractivity contribution in [1.82, 2.24) is 14.6 Å². The summed E-state index contributed by atoms with van der Waals surface area (Å²) in [6.07, 6.45) is 1.70. The van der Waals surface area contributed by atoms with Crippen molar-refractivity contribution in [3.63, 3.8) is 0 Å². The normalized spacial score (nSPS) is 11.8. The highest BCUT2D eigenvalue weighted by Crippen LogP contribution is 2.15. The summed E-state index contributed by atoms with van der Waals surface area (Å²) in [7, 11) is 3.66. The molecular weight excluding hydrogens is 236 g/mol. The first-order chi connectivity index (χ1) is 8.09. The summed E-state index contributed by atoms with van der Waals surface area (Å²) < 4.78 is 1.82. The highest BCUT2D eigenvalue weighted by Gasteiger charge is 2.10. The van der Waals surface area contributed by atoms with Gasteiger partial charge in [0.05, 0.1) is 16.1 Å². The number of hydrogen-bond acceptors (Lipinski definition) is 3. The van der Waals surface area contributed by atoms with Crippen LogP contribution in [0.4, 0.5) is 0 Å². The fourth-order valence-corrected chi connectivity index (χ4v) is 1.68.